The summed E-state index contributed by atoms with van der Waals surface area (Å²) in [5, 5.41) is 0. The molecule has 86 valence electrons. The molecule has 0 saturated heterocycles. The highest BCUT2D eigenvalue weighted by Crippen LogP contribution is 2.39. The molecule has 2 aromatic rings. The molecule has 0 amide bonds. The van der Waals surface area contributed by atoms with Crippen molar-refractivity contribution in [2.75, 3.05) is 0 Å². The number of nitrogens with one attached hydrogen (secondary N) is 1. The van der Waals surface area contributed by atoms with E-state index in [0.29, 0.717) is 0 Å². The van der Waals surface area contributed by atoms with Gasteiger partial charge in [-0.3, -0.25) is 0 Å². The molecule has 3 rings (SSSR count). The van der Waals surface area contributed by atoms with Crippen LogP contribution in [0.15, 0.2) is 58.3 Å². The second-order valence-corrected chi connectivity index (χ2v) is 5.94. The van der Waals surface area contributed by atoms with Crippen molar-refractivity contribution in [2.45, 2.75) is 22.6 Å². The second kappa shape index (κ2) is 5.17. The summed E-state index contributed by atoms with van der Waals surface area (Å²) >= 11 is 3.46. The zero-order valence-corrected chi connectivity index (χ0v) is 11.0. The Labute approximate surface area is 110 Å². The Morgan fingerprint density at radius 2 is 1.71 bits per heavy atom. The van der Waals surface area contributed by atoms with Crippen molar-refractivity contribution in [2.24, 2.45) is 0 Å². The molecule has 3 heteroatoms. The van der Waals surface area contributed by atoms with E-state index in [1.807, 2.05) is 0 Å². The summed E-state index contributed by atoms with van der Waals surface area (Å²) in [5.41, 5.74) is 2.86. The first-order valence-electron chi connectivity index (χ1n) is 5.68. The first-order chi connectivity index (χ1) is 8.43. The fraction of sp³-hybridized carbons (Fsp3) is 0.143. The van der Waals surface area contributed by atoms with Crippen LogP contribution in [0.3, 0.4) is 0 Å². The summed E-state index contributed by atoms with van der Waals surface area (Å²) in [6.07, 6.45) is 2.23. The molecule has 0 aromatic heterocycles. The molecule has 0 unspecified atom stereocenters. The molecular formula is C14H13NS2. The minimum Gasteiger partial charge on any atom is -0.199 e. The predicted octanol–water partition coefficient (Wildman–Crippen LogP) is 4.09. The van der Waals surface area contributed by atoms with Gasteiger partial charge < -0.3 is 0 Å². The number of hydrogen-bond donors (Lipinski definition) is 1. The number of hydrogen-bond acceptors (Lipinski definition) is 3. The van der Waals surface area contributed by atoms with E-state index >= 15 is 0 Å². The fourth-order valence-electron chi connectivity index (χ4n) is 1.99. The number of aryl methyl sites for hydroxylation is 2. The summed E-state index contributed by atoms with van der Waals surface area (Å²) in [4.78, 5) is 2.77. The second-order valence-electron chi connectivity index (χ2n) is 4.02. The minimum atomic E-state index is 1.11. The normalized spacial score (nSPS) is 13.6. The lowest BCUT2D eigenvalue weighted by Crippen LogP contribution is -1.93. The number of rotatable bonds is 3. The molecular weight excluding hydrogens is 246 g/mol. The first kappa shape index (κ1) is 11.2. The van der Waals surface area contributed by atoms with Crippen molar-refractivity contribution in [3.05, 3.63) is 59.7 Å². The molecule has 1 aliphatic heterocycles. The molecule has 0 fully saturated rings. The topological polar surface area (TPSA) is 12.0 Å². The first-order valence-corrected chi connectivity index (χ1v) is 7.31. The molecule has 1 heterocycles. The SMILES string of the molecule is c1ccc(CCc2cccc3c2SNS3)cc1. The van der Waals surface area contributed by atoms with Crippen LogP contribution >= 0.6 is 23.9 Å². The van der Waals surface area contributed by atoms with Crippen LogP contribution in [0.1, 0.15) is 11.1 Å². The highest BCUT2D eigenvalue weighted by Gasteiger charge is 2.15. The van der Waals surface area contributed by atoms with Crippen LogP contribution in [0.2, 0.25) is 0 Å². The minimum absolute atomic E-state index is 1.11. The quantitative estimate of drug-likeness (QED) is 0.834. The molecule has 0 atom stereocenters. The molecule has 1 N–H and O–H groups in total. The van der Waals surface area contributed by atoms with Gasteiger partial charge >= 0.3 is 0 Å². The Morgan fingerprint density at radius 1 is 0.824 bits per heavy atom. The third kappa shape index (κ3) is 2.51. The molecule has 0 bridgehead atoms. The molecule has 1 aliphatic rings. The van der Waals surface area contributed by atoms with Gasteiger partial charge in [0, 0.05) is 9.79 Å². The lowest BCUT2D eigenvalue weighted by molar-refractivity contribution is 0.922. The smallest absolute Gasteiger partial charge is 0.0417 e. The molecule has 0 spiro atoms. The summed E-state index contributed by atoms with van der Waals surface area (Å²) < 4.78 is 3.26. The zero-order valence-electron chi connectivity index (χ0n) is 9.35. The van der Waals surface area contributed by atoms with Crippen molar-refractivity contribution < 1.29 is 0 Å². The van der Waals surface area contributed by atoms with Crippen molar-refractivity contribution in [1.82, 2.24) is 4.13 Å². The Morgan fingerprint density at radius 3 is 2.59 bits per heavy atom. The van der Waals surface area contributed by atoms with E-state index in [9.17, 15) is 0 Å². The van der Waals surface area contributed by atoms with Gasteiger partial charge in [0.25, 0.3) is 0 Å². The summed E-state index contributed by atoms with van der Waals surface area (Å²) in [5.74, 6) is 0. The number of fused-ring (bicyclic) bond motifs is 1. The Kier molecular flexibility index (Phi) is 3.41. The van der Waals surface area contributed by atoms with Crippen LogP contribution in [0.4, 0.5) is 0 Å². The van der Waals surface area contributed by atoms with Crippen LogP contribution in [-0.4, -0.2) is 0 Å². The van der Waals surface area contributed by atoms with Gasteiger partial charge in [-0.25, -0.2) is 0 Å². The van der Waals surface area contributed by atoms with Crippen molar-refractivity contribution in [1.29, 1.82) is 0 Å². The maximum atomic E-state index is 3.26. The third-order valence-corrected chi connectivity index (χ3v) is 4.92. The molecule has 0 saturated carbocycles. The van der Waals surface area contributed by atoms with Crippen molar-refractivity contribution >= 4 is 23.9 Å². The van der Waals surface area contributed by atoms with Crippen LogP contribution in [-0.2, 0) is 12.8 Å². The van der Waals surface area contributed by atoms with Gasteiger partial charge in [0.15, 0.2) is 0 Å². The number of benzene rings is 2. The predicted molar refractivity (Wildman–Crippen MR) is 75.1 cm³/mol. The summed E-state index contributed by atoms with van der Waals surface area (Å²) in [6.45, 7) is 0. The van der Waals surface area contributed by atoms with Gasteiger partial charge in [0.1, 0.15) is 0 Å². The highest BCUT2D eigenvalue weighted by molar-refractivity contribution is 8.15. The van der Waals surface area contributed by atoms with Crippen molar-refractivity contribution in [3.63, 3.8) is 0 Å². The monoisotopic (exact) mass is 259 g/mol. The lowest BCUT2D eigenvalue weighted by atomic mass is 10.0. The standard InChI is InChI=1S/C14H13NS2/c1-2-5-11(6-3-1)9-10-12-7-4-8-13-14(12)17-15-16-13/h1-8,15H,9-10H2. The average Bonchev–Trinajstić information content (AvgIpc) is 2.86. The van der Waals surface area contributed by atoms with Crippen LogP contribution in [0.25, 0.3) is 0 Å². The Hall–Kier alpha value is -0.900. The summed E-state index contributed by atoms with van der Waals surface area (Å²) in [7, 11) is 0. The molecule has 2 aromatic carbocycles. The molecule has 0 aliphatic carbocycles. The maximum Gasteiger partial charge on any atom is 0.0417 e. The van der Waals surface area contributed by atoms with Crippen LogP contribution in [0.5, 0.6) is 0 Å². The van der Waals surface area contributed by atoms with E-state index in [2.05, 4.69) is 52.7 Å². The van der Waals surface area contributed by atoms with Gasteiger partial charge in [-0.1, -0.05) is 42.5 Å². The van der Waals surface area contributed by atoms with Crippen LogP contribution < -0.4 is 4.13 Å². The highest BCUT2D eigenvalue weighted by atomic mass is 32.2. The van der Waals surface area contributed by atoms with E-state index in [0.717, 1.165) is 12.8 Å². The maximum absolute atomic E-state index is 3.26. The third-order valence-electron chi connectivity index (χ3n) is 2.88. The van der Waals surface area contributed by atoms with Gasteiger partial charge in [-0.15, -0.1) is 0 Å². The van der Waals surface area contributed by atoms with Gasteiger partial charge in [0.2, 0.25) is 0 Å². The van der Waals surface area contributed by atoms with E-state index in [1.54, 1.807) is 23.9 Å². The Bertz CT molecular complexity index is 511. The molecule has 17 heavy (non-hydrogen) atoms. The zero-order chi connectivity index (χ0) is 11.5. The van der Waals surface area contributed by atoms with E-state index < -0.39 is 0 Å². The van der Waals surface area contributed by atoms with E-state index in [1.165, 1.54) is 20.9 Å². The lowest BCUT2D eigenvalue weighted by Gasteiger charge is -2.06. The largest absolute Gasteiger partial charge is 0.199 e. The van der Waals surface area contributed by atoms with Crippen molar-refractivity contribution in [3.8, 4) is 0 Å². The average molecular weight is 259 g/mol. The van der Waals surface area contributed by atoms with Gasteiger partial charge in [-0.05, 0) is 53.9 Å². The Balaban J connectivity index is 1.76. The summed E-state index contributed by atoms with van der Waals surface area (Å²) in [6, 6.07) is 17.3. The van der Waals surface area contributed by atoms with E-state index in [-0.39, 0.29) is 0 Å². The fourth-order valence-corrected chi connectivity index (χ4v) is 3.93. The van der Waals surface area contributed by atoms with E-state index in [4.69, 9.17) is 0 Å². The van der Waals surface area contributed by atoms with Crippen LogP contribution in [0, 0.1) is 0 Å². The molecule has 1 nitrogen and oxygen atoms in total. The molecule has 0 radical (unpaired) electrons. The van der Waals surface area contributed by atoms with Gasteiger partial charge in [0.05, 0.1) is 0 Å². The van der Waals surface area contributed by atoms with Gasteiger partial charge in [-0.2, -0.15) is 4.13 Å².